The van der Waals surface area contributed by atoms with Crippen molar-refractivity contribution in [1.29, 1.82) is 5.26 Å². The van der Waals surface area contributed by atoms with Gasteiger partial charge in [0, 0.05) is 11.5 Å². The highest BCUT2D eigenvalue weighted by molar-refractivity contribution is 7.09. The molecule has 6 nitrogen and oxygen atoms in total. The third kappa shape index (κ3) is 1.98. The summed E-state index contributed by atoms with van der Waals surface area (Å²) in [6, 6.07) is 9.27. The SMILES string of the molecule is N#Cc1oc2ccccc2c1OCc1nnsc1N. The van der Waals surface area contributed by atoms with Gasteiger partial charge in [0.05, 0.1) is 5.39 Å². The number of hydrogen-bond donors (Lipinski definition) is 1. The lowest BCUT2D eigenvalue weighted by molar-refractivity contribution is 0.299. The number of ether oxygens (including phenoxy) is 1. The van der Waals surface area contributed by atoms with Gasteiger partial charge in [-0.25, -0.2) is 0 Å². The van der Waals surface area contributed by atoms with Crippen molar-refractivity contribution in [3.63, 3.8) is 0 Å². The highest BCUT2D eigenvalue weighted by atomic mass is 32.1. The molecule has 94 valence electrons. The number of aromatic nitrogens is 2. The number of nitrogen functional groups attached to an aromatic ring is 1. The van der Waals surface area contributed by atoms with Gasteiger partial charge < -0.3 is 14.9 Å². The van der Waals surface area contributed by atoms with E-state index in [1.807, 2.05) is 24.3 Å². The number of fused-ring (bicyclic) bond motifs is 1. The quantitative estimate of drug-likeness (QED) is 0.785. The first-order chi connectivity index (χ1) is 9.29. The van der Waals surface area contributed by atoms with E-state index >= 15 is 0 Å². The zero-order valence-electron chi connectivity index (χ0n) is 9.66. The highest BCUT2D eigenvalue weighted by Crippen LogP contribution is 2.33. The predicted molar refractivity (Wildman–Crippen MR) is 69.6 cm³/mol. The van der Waals surface area contributed by atoms with Gasteiger partial charge in [-0.1, -0.05) is 16.6 Å². The molecule has 0 spiro atoms. The Morgan fingerprint density at radius 3 is 3.00 bits per heavy atom. The molecule has 2 aromatic heterocycles. The van der Waals surface area contributed by atoms with E-state index in [1.54, 1.807) is 6.07 Å². The summed E-state index contributed by atoms with van der Waals surface area (Å²) in [6.07, 6.45) is 0. The smallest absolute Gasteiger partial charge is 0.246 e. The minimum absolute atomic E-state index is 0.142. The van der Waals surface area contributed by atoms with Crippen molar-refractivity contribution in [3.8, 4) is 11.8 Å². The number of para-hydroxylation sites is 1. The van der Waals surface area contributed by atoms with Crippen LogP contribution in [-0.4, -0.2) is 9.59 Å². The van der Waals surface area contributed by atoms with Crippen LogP contribution in [0, 0.1) is 11.3 Å². The van der Waals surface area contributed by atoms with Crippen molar-refractivity contribution >= 4 is 27.5 Å². The molecule has 0 aliphatic carbocycles. The van der Waals surface area contributed by atoms with E-state index in [2.05, 4.69) is 9.59 Å². The van der Waals surface area contributed by atoms with Crippen LogP contribution in [0.25, 0.3) is 11.0 Å². The van der Waals surface area contributed by atoms with E-state index < -0.39 is 0 Å². The van der Waals surface area contributed by atoms with Gasteiger partial charge >= 0.3 is 0 Å². The zero-order valence-corrected chi connectivity index (χ0v) is 10.5. The van der Waals surface area contributed by atoms with E-state index in [0.29, 0.717) is 22.0 Å². The molecule has 3 rings (SSSR count). The van der Waals surface area contributed by atoms with Gasteiger partial charge in [-0.05, 0) is 12.1 Å². The Balaban J connectivity index is 1.96. The van der Waals surface area contributed by atoms with Crippen molar-refractivity contribution in [2.24, 2.45) is 0 Å². The maximum Gasteiger partial charge on any atom is 0.246 e. The second kappa shape index (κ2) is 4.59. The van der Waals surface area contributed by atoms with Crippen LogP contribution < -0.4 is 10.5 Å². The number of rotatable bonds is 3. The molecule has 19 heavy (non-hydrogen) atoms. The van der Waals surface area contributed by atoms with Gasteiger partial charge in [0.2, 0.25) is 5.76 Å². The summed E-state index contributed by atoms with van der Waals surface area (Å²) >= 11 is 1.10. The lowest BCUT2D eigenvalue weighted by Crippen LogP contribution is -1.99. The number of hydrogen-bond acceptors (Lipinski definition) is 7. The molecule has 0 bridgehead atoms. The lowest BCUT2D eigenvalue weighted by atomic mass is 10.2. The molecule has 7 heteroatoms. The van der Waals surface area contributed by atoms with Gasteiger partial charge in [0.15, 0.2) is 5.75 Å². The van der Waals surface area contributed by atoms with Crippen LogP contribution in [-0.2, 0) is 6.61 Å². The zero-order chi connectivity index (χ0) is 13.2. The largest absolute Gasteiger partial charge is 0.482 e. The fraction of sp³-hybridized carbons (Fsp3) is 0.0833. The minimum atomic E-state index is 0.142. The Labute approximate surface area is 112 Å². The standard InChI is InChI=1S/C12H8N4O2S/c13-5-10-11(7-3-1-2-4-9(7)18-10)17-6-8-12(14)19-16-15-8/h1-4H,6,14H2. The average Bonchev–Trinajstić information content (AvgIpc) is 2.99. The Hall–Kier alpha value is -2.59. The molecule has 3 aromatic rings. The van der Waals surface area contributed by atoms with Crippen LogP contribution in [0.15, 0.2) is 28.7 Å². The van der Waals surface area contributed by atoms with Crippen molar-refractivity contribution in [2.75, 3.05) is 5.73 Å². The van der Waals surface area contributed by atoms with Crippen molar-refractivity contribution in [3.05, 3.63) is 35.7 Å². The Bertz CT molecular complexity index is 771. The van der Waals surface area contributed by atoms with E-state index in [0.717, 1.165) is 16.9 Å². The van der Waals surface area contributed by atoms with Crippen LogP contribution in [0.3, 0.4) is 0 Å². The highest BCUT2D eigenvalue weighted by Gasteiger charge is 2.16. The van der Waals surface area contributed by atoms with Crippen LogP contribution in [0.4, 0.5) is 5.00 Å². The second-order valence-corrected chi connectivity index (χ2v) is 4.53. The van der Waals surface area contributed by atoms with Crippen LogP contribution in [0.2, 0.25) is 0 Å². The molecule has 0 aliphatic rings. The Kier molecular flexibility index (Phi) is 2.78. The van der Waals surface area contributed by atoms with Gasteiger partial charge in [-0.3, -0.25) is 0 Å². The maximum atomic E-state index is 9.06. The van der Waals surface area contributed by atoms with Crippen LogP contribution in [0.1, 0.15) is 11.5 Å². The first kappa shape index (κ1) is 11.5. The molecule has 0 amide bonds. The minimum Gasteiger partial charge on any atom is -0.482 e. The molecule has 2 N–H and O–H groups in total. The molecule has 0 saturated carbocycles. The van der Waals surface area contributed by atoms with Crippen LogP contribution >= 0.6 is 11.5 Å². The topological polar surface area (TPSA) is 98.0 Å². The van der Waals surface area contributed by atoms with E-state index in [-0.39, 0.29) is 12.4 Å². The summed E-state index contributed by atoms with van der Waals surface area (Å²) in [5, 5.41) is 14.2. The van der Waals surface area contributed by atoms with E-state index in [4.69, 9.17) is 20.1 Å². The summed E-state index contributed by atoms with van der Waals surface area (Å²) in [7, 11) is 0. The number of nitrogens with zero attached hydrogens (tertiary/aromatic N) is 3. The van der Waals surface area contributed by atoms with Crippen molar-refractivity contribution in [2.45, 2.75) is 6.61 Å². The molecular weight excluding hydrogens is 264 g/mol. The molecule has 0 fully saturated rings. The monoisotopic (exact) mass is 272 g/mol. The van der Waals surface area contributed by atoms with Crippen molar-refractivity contribution < 1.29 is 9.15 Å². The average molecular weight is 272 g/mol. The normalized spacial score (nSPS) is 10.5. The van der Waals surface area contributed by atoms with E-state index in [1.165, 1.54) is 0 Å². The molecule has 2 heterocycles. The summed E-state index contributed by atoms with van der Waals surface area (Å²) in [4.78, 5) is 0. The number of nitrogens with two attached hydrogens (primary N) is 1. The molecule has 0 radical (unpaired) electrons. The molecule has 0 unspecified atom stereocenters. The lowest BCUT2D eigenvalue weighted by Gasteiger charge is -2.02. The summed E-state index contributed by atoms with van der Waals surface area (Å²) in [5.41, 5.74) is 6.85. The molecule has 0 aliphatic heterocycles. The number of benzene rings is 1. The number of anilines is 1. The van der Waals surface area contributed by atoms with Gasteiger partial charge in [-0.2, -0.15) is 5.26 Å². The third-order valence-electron chi connectivity index (χ3n) is 2.59. The Morgan fingerprint density at radius 1 is 1.42 bits per heavy atom. The number of furan rings is 1. The Morgan fingerprint density at radius 2 is 2.26 bits per heavy atom. The fourth-order valence-corrected chi connectivity index (χ4v) is 2.13. The molecule has 0 saturated heterocycles. The molecule has 0 atom stereocenters. The van der Waals surface area contributed by atoms with Crippen molar-refractivity contribution in [1.82, 2.24) is 9.59 Å². The van der Waals surface area contributed by atoms with Gasteiger partial charge in [0.25, 0.3) is 0 Å². The fourth-order valence-electron chi connectivity index (χ4n) is 1.69. The molecular formula is C12H8N4O2S. The summed E-state index contributed by atoms with van der Waals surface area (Å²) < 4.78 is 14.7. The van der Waals surface area contributed by atoms with Gasteiger partial charge in [-0.15, -0.1) is 5.10 Å². The first-order valence-electron chi connectivity index (χ1n) is 5.40. The first-order valence-corrected chi connectivity index (χ1v) is 6.18. The number of nitriles is 1. The van der Waals surface area contributed by atoms with E-state index in [9.17, 15) is 0 Å². The summed E-state index contributed by atoms with van der Waals surface area (Å²) in [5.74, 6) is 0.550. The molecule has 1 aromatic carbocycles. The summed E-state index contributed by atoms with van der Waals surface area (Å²) in [6.45, 7) is 0.153. The van der Waals surface area contributed by atoms with Crippen LogP contribution in [0.5, 0.6) is 5.75 Å². The van der Waals surface area contributed by atoms with Gasteiger partial charge in [0.1, 0.15) is 29.0 Å². The third-order valence-corrected chi connectivity index (χ3v) is 3.19. The predicted octanol–water partition coefficient (Wildman–Crippen LogP) is 2.32. The second-order valence-electron chi connectivity index (χ2n) is 3.74. The maximum absolute atomic E-state index is 9.06.